The van der Waals surface area contributed by atoms with Gasteiger partial charge >= 0.3 is 0 Å². The van der Waals surface area contributed by atoms with Crippen LogP contribution in [0.5, 0.6) is 0 Å². The van der Waals surface area contributed by atoms with Gasteiger partial charge in [0, 0.05) is 26.1 Å². The van der Waals surface area contributed by atoms with Crippen molar-refractivity contribution in [3.05, 3.63) is 35.4 Å². The molecule has 1 amide bonds. The van der Waals surface area contributed by atoms with Gasteiger partial charge in [0.25, 0.3) is 0 Å². The lowest BCUT2D eigenvalue weighted by Gasteiger charge is -2.24. The molecule has 1 saturated heterocycles. The van der Waals surface area contributed by atoms with Crippen LogP contribution in [0.3, 0.4) is 0 Å². The molecule has 1 unspecified atom stereocenters. The Morgan fingerprint density at radius 1 is 1.29 bits per heavy atom. The number of carbonyl (C=O) groups excluding carboxylic acids is 1. The van der Waals surface area contributed by atoms with Gasteiger partial charge in [0.05, 0.1) is 0 Å². The highest BCUT2D eigenvalue weighted by atomic mass is 16.2. The van der Waals surface area contributed by atoms with Gasteiger partial charge in [0.2, 0.25) is 5.91 Å². The summed E-state index contributed by atoms with van der Waals surface area (Å²) >= 11 is 0. The molecule has 116 valence electrons. The van der Waals surface area contributed by atoms with E-state index in [4.69, 9.17) is 0 Å². The zero-order valence-corrected chi connectivity index (χ0v) is 13.8. The second-order valence-corrected chi connectivity index (χ2v) is 7.10. The molecule has 0 saturated carbocycles. The second-order valence-electron chi connectivity index (χ2n) is 7.10. The summed E-state index contributed by atoms with van der Waals surface area (Å²) in [5.74, 6) is 0.253. The Morgan fingerprint density at radius 3 is 2.48 bits per heavy atom. The summed E-state index contributed by atoms with van der Waals surface area (Å²) in [7, 11) is 1.93. The van der Waals surface area contributed by atoms with Crippen LogP contribution in [-0.4, -0.2) is 37.0 Å². The van der Waals surface area contributed by atoms with Gasteiger partial charge in [-0.05, 0) is 35.9 Å². The number of carbonyl (C=O) groups is 1. The van der Waals surface area contributed by atoms with Crippen LogP contribution >= 0.6 is 0 Å². The van der Waals surface area contributed by atoms with Gasteiger partial charge < -0.3 is 10.2 Å². The molecule has 3 heteroatoms. The molecule has 1 fully saturated rings. The fourth-order valence-electron chi connectivity index (χ4n) is 2.77. The number of amides is 1. The summed E-state index contributed by atoms with van der Waals surface area (Å²) in [6, 6.07) is 9.06. The first-order valence-electron chi connectivity index (χ1n) is 7.94. The third kappa shape index (κ3) is 4.31. The Labute approximate surface area is 128 Å². The van der Waals surface area contributed by atoms with Crippen molar-refractivity contribution in [3.8, 4) is 0 Å². The van der Waals surface area contributed by atoms with Gasteiger partial charge in [-0.2, -0.15) is 0 Å². The highest BCUT2D eigenvalue weighted by molar-refractivity contribution is 5.76. The minimum absolute atomic E-state index is 0.185. The second kappa shape index (κ2) is 6.61. The molecule has 0 spiro atoms. The van der Waals surface area contributed by atoms with Gasteiger partial charge in [-0.3, -0.25) is 4.79 Å². The number of nitrogens with zero attached hydrogens (tertiary/aromatic N) is 1. The van der Waals surface area contributed by atoms with Crippen molar-refractivity contribution < 1.29 is 4.79 Å². The lowest BCUT2D eigenvalue weighted by molar-refractivity contribution is -0.131. The Bertz CT molecular complexity index is 467. The van der Waals surface area contributed by atoms with Crippen molar-refractivity contribution in [1.29, 1.82) is 0 Å². The first kappa shape index (κ1) is 16.0. The van der Waals surface area contributed by atoms with Crippen LogP contribution in [0, 0.1) is 0 Å². The third-order valence-electron chi connectivity index (χ3n) is 4.42. The molecule has 3 nitrogen and oxygen atoms in total. The SMILES string of the molecule is CN(C(=O)CCc1ccc(C(C)(C)C)cc1)C1CCNC1. The molecule has 1 heterocycles. The van der Waals surface area contributed by atoms with E-state index in [0.29, 0.717) is 12.5 Å². The summed E-state index contributed by atoms with van der Waals surface area (Å²) in [4.78, 5) is 14.1. The van der Waals surface area contributed by atoms with Crippen molar-refractivity contribution in [2.24, 2.45) is 0 Å². The predicted molar refractivity (Wildman–Crippen MR) is 87.5 cm³/mol. The smallest absolute Gasteiger partial charge is 0.222 e. The van der Waals surface area contributed by atoms with Crippen LogP contribution in [0.25, 0.3) is 0 Å². The lowest BCUT2D eigenvalue weighted by atomic mass is 9.86. The van der Waals surface area contributed by atoms with E-state index in [9.17, 15) is 4.79 Å². The number of hydrogen-bond acceptors (Lipinski definition) is 2. The molecular weight excluding hydrogens is 260 g/mol. The highest BCUT2D eigenvalue weighted by Gasteiger charge is 2.22. The van der Waals surface area contributed by atoms with E-state index in [1.165, 1.54) is 11.1 Å². The Kier molecular flexibility index (Phi) is 5.04. The van der Waals surface area contributed by atoms with Gasteiger partial charge in [-0.25, -0.2) is 0 Å². The molecule has 0 aliphatic carbocycles. The molecule has 0 aromatic heterocycles. The zero-order chi connectivity index (χ0) is 15.5. The summed E-state index contributed by atoms with van der Waals surface area (Å²) < 4.78 is 0. The van der Waals surface area contributed by atoms with Gasteiger partial charge in [0.1, 0.15) is 0 Å². The van der Waals surface area contributed by atoms with Crippen LogP contribution in [0.15, 0.2) is 24.3 Å². The topological polar surface area (TPSA) is 32.3 Å². The molecule has 1 aromatic rings. The molecule has 1 aliphatic heterocycles. The maximum Gasteiger partial charge on any atom is 0.222 e. The molecule has 1 atom stereocenters. The summed E-state index contributed by atoms with van der Waals surface area (Å²) in [5.41, 5.74) is 2.77. The van der Waals surface area contributed by atoms with E-state index in [1.54, 1.807) is 0 Å². The molecular formula is C18H28N2O. The van der Waals surface area contributed by atoms with Crippen LogP contribution in [0.2, 0.25) is 0 Å². The average molecular weight is 288 g/mol. The molecule has 21 heavy (non-hydrogen) atoms. The minimum atomic E-state index is 0.185. The first-order valence-corrected chi connectivity index (χ1v) is 7.94. The van der Waals surface area contributed by atoms with E-state index >= 15 is 0 Å². The van der Waals surface area contributed by atoms with Gasteiger partial charge in [-0.1, -0.05) is 45.0 Å². The Morgan fingerprint density at radius 2 is 1.95 bits per heavy atom. The zero-order valence-electron chi connectivity index (χ0n) is 13.8. The van der Waals surface area contributed by atoms with Crippen LogP contribution in [0.1, 0.15) is 44.7 Å². The number of nitrogens with one attached hydrogen (secondary N) is 1. The molecule has 0 bridgehead atoms. The molecule has 2 rings (SSSR count). The van der Waals surface area contributed by atoms with E-state index in [1.807, 2.05) is 11.9 Å². The monoisotopic (exact) mass is 288 g/mol. The number of likely N-dealkylation sites (N-methyl/N-ethyl adjacent to an activating group) is 1. The lowest BCUT2D eigenvalue weighted by Crippen LogP contribution is -2.38. The van der Waals surface area contributed by atoms with Gasteiger partial charge in [-0.15, -0.1) is 0 Å². The van der Waals surface area contributed by atoms with Crippen molar-refractivity contribution in [2.75, 3.05) is 20.1 Å². The third-order valence-corrected chi connectivity index (χ3v) is 4.42. The van der Waals surface area contributed by atoms with E-state index in [2.05, 4.69) is 50.4 Å². The molecule has 0 radical (unpaired) electrons. The van der Waals surface area contributed by atoms with Crippen LogP contribution < -0.4 is 5.32 Å². The molecule has 1 N–H and O–H groups in total. The maximum absolute atomic E-state index is 12.2. The maximum atomic E-state index is 12.2. The largest absolute Gasteiger partial charge is 0.341 e. The average Bonchev–Trinajstić information content (AvgIpc) is 2.97. The minimum Gasteiger partial charge on any atom is -0.341 e. The standard InChI is InChI=1S/C18H28N2O/c1-18(2,3)15-8-5-14(6-9-15)7-10-17(21)20(4)16-11-12-19-13-16/h5-6,8-9,16,19H,7,10-13H2,1-4H3. The first-order chi connectivity index (χ1) is 9.88. The number of rotatable bonds is 4. The number of hydrogen-bond donors (Lipinski definition) is 1. The number of benzene rings is 1. The van der Waals surface area contributed by atoms with Crippen molar-refractivity contribution in [3.63, 3.8) is 0 Å². The fourth-order valence-corrected chi connectivity index (χ4v) is 2.77. The van der Waals surface area contributed by atoms with Gasteiger partial charge in [0.15, 0.2) is 0 Å². The van der Waals surface area contributed by atoms with E-state index in [0.717, 1.165) is 25.9 Å². The summed E-state index contributed by atoms with van der Waals surface area (Å²) in [5, 5.41) is 3.31. The fraction of sp³-hybridized carbons (Fsp3) is 0.611. The Hall–Kier alpha value is -1.35. The predicted octanol–water partition coefficient (Wildman–Crippen LogP) is 2.74. The normalized spacial score (nSPS) is 18.8. The van der Waals surface area contributed by atoms with E-state index in [-0.39, 0.29) is 11.3 Å². The van der Waals surface area contributed by atoms with Crippen molar-refractivity contribution in [2.45, 2.75) is 51.5 Å². The van der Waals surface area contributed by atoms with Crippen LogP contribution in [0.4, 0.5) is 0 Å². The number of aryl methyl sites for hydroxylation is 1. The van der Waals surface area contributed by atoms with Crippen molar-refractivity contribution in [1.82, 2.24) is 10.2 Å². The molecule has 1 aromatic carbocycles. The summed E-state index contributed by atoms with van der Waals surface area (Å²) in [6.45, 7) is 8.61. The molecule has 1 aliphatic rings. The van der Waals surface area contributed by atoms with E-state index < -0.39 is 0 Å². The Balaban J connectivity index is 1.86. The van der Waals surface area contributed by atoms with Crippen molar-refractivity contribution >= 4 is 5.91 Å². The highest BCUT2D eigenvalue weighted by Crippen LogP contribution is 2.22. The van der Waals surface area contributed by atoms with Crippen LogP contribution in [-0.2, 0) is 16.6 Å². The summed E-state index contributed by atoms with van der Waals surface area (Å²) in [6.07, 6.45) is 2.50. The quantitative estimate of drug-likeness (QED) is 0.924.